The third-order valence-corrected chi connectivity index (χ3v) is 3.44. The maximum absolute atomic E-state index is 6.14. The van der Waals surface area contributed by atoms with Gasteiger partial charge in [-0.25, -0.2) is 4.98 Å². The summed E-state index contributed by atoms with van der Waals surface area (Å²) in [5.41, 5.74) is 10.0. The number of para-hydroxylation sites is 1. The number of fused-ring (bicyclic) bond motifs is 1. The van der Waals surface area contributed by atoms with Crippen LogP contribution in [-0.2, 0) is 0 Å². The van der Waals surface area contributed by atoms with Crippen molar-refractivity contribution in [1.82, 2.24) is 4.98 Å². The fourth-order valence-corrected chi connectivity index (χ4v) is 2.61. The standard InChI is InChI=1S/C12H12N2OS/c13-9-5-12(10-6-16-7-14-10)15-11-4-2-1-3-8(9)11/h1-4,6-7,9,12H,5,13H2/t9-,12?/m1/s1. The second kappa shape index (κ2) is 3.88. The number of aromatic nitrogens is 1. The number of thiazole rings is 1. The fourth-order valence-electron chi connectivity index (χ4n) is 2.02. The lowest BCUT2D eigenvalue weighted by molar-refractivity contribution is 0.158. The highest BCUT2D eigenvalue weighted by atomic mass is 32.1. The summed E-state index contributed by atoms with van der Waals surface area (Å²) in [4.78, 5) is 4.29. The maximum atomic E-state index is 6.14. The van der Waals surface area contributed by atoms with Crippen LogP contribution in [0.15, 0.2) is 35.2 Å². The molecule has 2 aromatic rings. The molecular weight excluding hydrogens is 220 g/mol. The Hall–Kier alpha value is -1.39. The van der Waals surface area contributed by atoms with Crippen molar-refractivity contribution in [3.63, 3.8) is 0 Å². The molecule has 16 heavy (non-hydrogen) atoms. The first-order valence-corrected chi connectivity index (χ1v) is 6.18. The lowest BCUT2D eigenvalue weighted by Gasteiger charge is -2.29. The normalized spacial score (nSPS) is 23.6. The molecule has 0 spiro atoms. The molecule has 4 heteroatoms. The quantitative estimate of drug-likeness (QED) is 0.822. The maximum Gasteiger partial charge on any atom is 0.143 e. The van der Waals surface area contributed by atoms with Crippen molar-refractivity contribution in [2.45, 2.75) is 18.6 Å². The molecule has 0 saturated heterocycles. The van der Waals surface area contributed by atoms with E-state index in [0.29, 0.717) is 0 Å². The summed E-state index contributed by atoms with van der Waals surface area (Å²) in [5.74, 6) is 0.888. The van der Waals surface area contributed by atoms with Crippen molar-refractivity contribution in [1.29, 1.82) is 0 Å². The molecule has 1 aliphatic heterocycles. The predicted octanol–water partition coefficient (Wildman–Crippen LogP) is 2.67. The van der Waals surface area contributed by atoms with E-state index in [9.17, 15) is 0 Å². The van der Waals surface area contributed by atoms with E-state index in [1.807, 2.05) is 35.2 Å². The van der Waals surface area contributed by atoms with Crippen LogP contribution in [0.25, 0.3) is 0 Å². The van der Waals surface area contributed by atoms with Crippen molar-refractivity contribution >= 4 is 11.3 Å². The Morgan fingerprint density at radius 3 is 3.06 bits per heavy atom. The molecule has 82 valence electrons. The first-order chi connectivity index (χ1) is 7.84. The molecule has 0 amide bonds. The second-order valence-corrected chi connectivity index (χ2v) is 4.62. The molecular formula is C12H12N2OS. The molecule has 3 nitrogen and oxygen atoms in total. The van der Waals surface area contributed by atoms with E-state index in [1.165, 1.54) is 0 Å². The first-order valence-electron chi connectivity index (χ1n) is 5.24. The Morgan fingerprint density at radius 2 is 2.25 bits per heavy atom. The van der Waals surface area contributed by atoms with Crippen LogP contribution in [0.5, 0.6) is 5.75 Å². The number of hydrogen-bond donors (Lipinski definition) is 1. The first kappa shape index (κ1) is 9.81. The van der Waals surface area contributed by atoms with Gasteiger partial charge < -0.3 is 10.5 Å². The summed E-state index contributed by atoms with van der Waals surface area (Å²) in [6.45, 7) is 0. The van der Waals surface area contributed by atoms with E-state index in [4.69, 9.17) is 10.5 Å². The van der Waals surface area contributed by atoms with Gasteiger partial charge in [0.05, 0.1) is 11.2 Å². The number of ether oxygens (including phenoxy) is 1. The SMILES string of the molecule is N[C@@H]1CC(c2cscn2)Oc2ccccc21. The van der Waals surface area contributed by atoms with Crippen molar-refractivity contribution in [3.05, 3.63) is 46.4 Å². The topological polar surface area (TPSA) is 48.1 Å². The van der Waals surface area contributed by atoms with Crippen LogP contribution in [0.2, 0.25) is 0 Å². The lowest BCUT2D eigenvalue weighted by Crippen LogP contribution is -2.24. The van der Waals surface area contributed by atoms with Crippen LogP contribution in [-0.4, -0.2) is 4.98 Å². The van der Waals surface area contributed by atoms with E-state index in [1.54, 1.807) is 11.3 Å². The van der Waals surface area contributed by atoms with Crippen molar-refractivity contribution in [3.8, 4) is 5.75 Å². The smallest absolute Gasteiger partial charge is 0.143 e. The predicted molar refractivity (Wildman–Crippen MR) is 63.5 cm³/mol. The Labute approximate surface area is 97.9 Å². The van der Waals surface area contributed by atoms with E-state index >= 15 is 0 Å². The zero-order chi connectivity index (χ0) is 11.0. The zero-order valence-corrected chi connectivity index (χ0v) is 9.48. The number of nitrogens with zero attached hydrogens (tertiary/aromatic N) is 1. The van der Waals surface area contributed by atoms with Crippen LogP contribution >= 0.6 is 11.3 Å². The van der Waals surface area contributed by atoms with Gasteiger partial charge in [0.25, 0.3) is 0 Å². The van der Waals surface area contributed by atoms with Gasteiger partial charge >= 0.3 is 0 Å². The number of hydrogen-bond acceptors (Lipinski definition) is 4. The summed E-state index contributed by atoms with van der Waals surface area (Å²) in [6, 6.07) is 7.99. The van der Waals surface area contributed by atoms with Gasteiger partial charge in [0, 0.05) is 23.4 Å². The largest absolute Gasteiger partial charge is 0.484 e. The fraction of sp³-hybridized carbons (Fsp3) is 0.250. The van der Waals surface area contributed by atoms with Gasteiger partial charge in [0.2, 0.25) is 0 Å². The van der Waals surface area contributed by atoms with Gasteiger partial charge in [-0.05, 0) is 6.07 Å². The van der Waals surface area contributed by atoms with Crippen molar-refractivity contribution in [2.24, 2.45) is 5.73 Å². The van der Waals surface area contributed by atoms with Crippen LogP contribution < -0.4 is 10.5 Å². The van der Waals surface area contributed by atoms with Crippen LogP contribution in [0.3, 0.4) is 0 Å². The molecule has 0 bridgehead atoms. The molecule has 2 heterocycles. The van der Waals surface area contributed by atoms with Crippen molar-refractivity contribution < 1.29 is 4.74 Å². The molecule has 1 aliphatic rings. The molecule has 0 aliphatic carbocycles. The number of benzene rings is 1. The lowest BCUT2D eigenvalue weighted by atomic mass is 9.96. The van der Waals surface area contributed by atoms with Gasteiger partial charge in [-0.1, -0.05) is 18.2 Å². The Bertz CT molecular complexity index is 484. The summed E-state index contributed by atoms with van der Waals surface area (Å²) >= 11 is 1.58. The van der Waals surface area contributed by atoms with Gasteiger partial charge in [-0.2, -0.15) is 0 Å². The monoisotopic (exact) mass is 232 g/mol. The van der Waals surface area contributed by atoms with Crippen molar-refractivity contribution in [2.75, 3.05) is 0 Å². The Balaban J connectivity index is 1.95. The second-order valence-electron chi connectivity index (χ2n) is 3.90. The molecule has 1 aromatic carbocycles. The minimum Gasteiger partial charge on any atom is -0.484 e. The minimum atomic E-state index is -0.00356. The molecule has 3 rings (SSSR count). The average molecular weight is 232 g/mol. The van der Waals surface area contributed by atoms with E-state index in [0.717, 1.165) is 23.4 Å². The van der Waals surface area contributed by atoms with E-state index in [-0.39, 0.29) is 12.1 Å². The number of nitrogens with two attached hydrogens (primary N) is 1. The molecule has 1 aromatic heterocycles. The highest BCUT2D eigenvalue weighted by molar-refractivity contribution is 7.07. The summed E-state index contributed by atoms with van der Waals surface area (Å²) < 4.78 is 5.91. The third kappa shape index (κ3) is 1.60. The molecule has 2 N–H and O–H groups in total. The summed E-state index contributed by atoms with van der Waals surface area (Å²) in [5, 5.41) is 2.02. The third-order valence-electron chi connectivity index (χ3n) is 2.84. The molecule has 2 atom stereocenters. The average Bonchev–Trinajstić information content (AvgIpc) is 2.82. The van der Waals surface area contributed by atoms with Crippen LogP contribution in [0.4, 0.5) is 0 Å². The van der Waals surface area contributed by atoms with Gasteiger partial charge in [0.1, 0.15) is 11.9 Å². The molecule has 0 saturated carbocycles. The van der Waals surface area contributed by atoms with E-state index < -0.39 is 0 Å². The Morgan fingerprint density at radius 1 is 1.38 bits per heavy atom. The van der Waals surface area contributed by atoms with Crippen LogP contribution in [0.1, 0.15) is 29.8 Å². The van der Waals surface area contributed by atoms with E-state index in [2.05, 4.69) is 4.98 Å². The Kier molecular flexibility index (Phi) is 2.38. The zero-order valence-electron chi connectivity index (χ0n) is 8.67. The molecule has 0 radical (unpaired) electrons. The molecule has 0 fully saturated rings. The minimum absolute atomic E-state index is 0.00356. The number of rotatable bonds is 1. The van der Waals surface area contributed by atoms with Gasteiger partial charge in [0.15, 0.2) is 0 Å². The van der Waals surface area contributed by atoms with Gasteiger partial charge in [-0.15, -0.1) is 11.3 Å². The van der Waals surface area contributed by atoms with Gasteiger partial charge in [-0.3, -0.25) is 0 Å². The summed E-state index contributed by atoms with van der Waals surface area (Å²) in [7, 11) is 0. The highest BCUT2D eigenvalue weighted by Gasteiger charge is 2.27. The molecule has 1 unspecified atom stereocenters. The van der Waals surface area contributed by atoms with Crippen LogP contribution in [0, 0.1) is 0 Å². The highest BCUT2D eigenvalue weighted by Crippen LogP contribution is 2.38. The summed E-state index contributed by atoms with van der Waals surface area (Å²) in [6.07, 6.45) is 0.789.